The molecule has 0 unspecified atom stereocenters. The van der Waals surface area contributed by atoms with Crippen LogP contribution in [0.3, 0.4) is 0 Å². The summed E-state index contributed by atoms with van der Waals surface area (Å²) in [6.45, 7) is 0. The van der Waals surface area contributed by atoms with Gasteiger partial charge in [0.25, 0.3) is 0 Å². The number of benzene rings is 2. The SMILES string of the molecule is O=C(Cc1ccc(Cl)cc1Cl)N[C@H](c1ccccc1)c1ccccn1. The van der Waals surface area contributed by atoms with E-state index < -0.39 is 0 Å². The van der Waals surface area contributed by atoms with Crippen molar-refractivity contribution in [3.8, 4) is 0 Å². The van der Waals surface area contributed by atoms with E-state index in [2.05, 4.69) is 10.3 Å². The van der Waals surface area contributed by atoms with Crippen LogP contribution in [-0.2, 0) is 11.2 Å². The quantitative estimate of drug-likeness (QED) is 0.698. The maximum atomic E-state index is 12.6. The summed E-state index contributed by atoms with van der Waals surface area (Å²) >= 11 is 12.1. The van der Waals surface area contributed by atoms with E-state index in [4.69, 9.17) is 23.2 Å². The molecular weight excluding hydrogens is 355 g/mol. The van der Waals surface area contributed by atoms with Gasteiger partial charge >= 0.3 is 0 Å². The van der Waals surface area contributed by atoms with Gasteiger partial charge in [0.05, 0.1) is 18.2 Å². The van der Waals surface area contributed by atoms with Gasteiger partial charge in [0.15, 0.2) is 0 Å². The van der Waals surface area contributed by atoms with Crippen molar-refractivity contribution < 1.29 is 4.79 Å². The highest BCUT2D eigenvalue weighted by Gasteiger charge is 2.18. The summed E-state index contributed by atoms with van der Waals surface area (Å²) in [5, 5.41) is 4.08. The Morgan fingerprint density at radius 1 is 1.00 bits per heavy atom. The number of halogens is 2. The van der Waals surface area contributed by atoms with Crippen molar-refractivity contribution in [2.24, 2.45) is 0 Å². The minimum absolute atomic E-state index is 0.135. The molecule has 0 aliphatic heterocycles. The zero-order chi connectivity index (χ0) is 17.6. The Morgan fingerprint density at radius 3 is 2.44 bits per heavy atom. The molecule has 1 aromatic heterocycles. The van der Waals surface area contributed by atoms with E-state index in [0.29, 0.717) is 10.0 Å². The number of rotatable bonds is 5. The fourth-order valence-electron chi connectivity index (χ4n) is 2.57. The lowest BCUT2D eigenvalue weighted by molar-refractivity contribution is -0.121. The van der Waals surface area contributed by atoms with Crippen molar-refractivity contribution in [3.05, 3.63) is 99.8 Å². The van der Waals surface area contributed by atoms with Crippen molar-refractivity contribution in [1.82, 2.24) is 10.3 Å². The van der Waals surface area contributed by atoms with Crippen LogP contribution in [0.25, 0.3) is 0 Å². The average Bonchev–Trinajstić information content (AvgIpc) is 2.63. The fourth-order valence-corrected chi connectivity index (χ4v) is 3.05. The van der Waals surface area contributed by atoms with Crippen molar-refractivity contribution in [2.45, 2.75) is 12.5 Å². The van der Waals surface area contributed by atoms with E-state index in [-0.39, 0.29) is 18.4 Å². The van der Waals surface area contributed by atoms with Crippen LogP contribution in [0.5, 0.6) is 0 Å². The molecule has 1 N–H and O–H groups in total. The van der Waals surface area contributed by atoms with Gasteiger partial charge in [0, 0.05) is 16.2 Å². The standard InChI is InChI=1S/C20H16Cl2N2O/c21-16-10-9-15(17(22)13-16)12-19(25)24-20(14-6-2-1-3-7-14)18-8-4-5-11-23-18/h1-11,13,20H,12H2,(H,24,25)/t20-/m1/s1. The molecule has 0 saturated heterocycles. The minimum atomic E-state index is -0.319. The number of hydrogen-bond acceptors (Lipinski definition) is 2. The molecule has 0 aliphatic rings. The largest absolute Gasteiger partial charge is 0.343 e. The highest BCUT2D eigenvalue weighted by atomic mass is 35.5. The van der Waals surface area contributed by atoms with E-state index in [1.165, 1.54) is 0 Å². The smallest absolute Gasteiger partial charge is 0.225 e. The number of aromatic nitrogens is 1. The molecule has 0 bridgehead atoms. The van der Waals surface area contributed by atoms with Crippen LogP contribution in [0.15, 0.2) is 72.9 Å². The molecule has 1 heterocycles. The molecule has 25 heavy (non-hydrogen) atoms. The highest BCUT2D eigenvalue weighted by molar-refractivity contribution is 6.35. The zero-order valence-corrected chi connectivity index (χ0v) is 14.8. The Hall–Kier alpha value is -2.36. The Labute approximate surface area is 156 Å². The summed E-state index contributed by atoms with van der Waals surface area (Å²) in [5.74, 6) is -0.135. The van der Waals surface area contributed by atoms with E-state index in [1.54, 1.807) is 24.4 Å². The maximum absolute atomic E-state index is 12.6. The predicted molar refractivity (Wildman–Crippen MR) is 101 cm³/mol. The number of carbonyl (C=O) groups excluding carboxylic acids is 1. The predicted octanol–water partition coefficient (Wildman–Crippen LogP) is 4.84. The molecule has 2 aromatic carbocycles. The van der Waals surface area contributed by atoms with Crippen LogP contribution in [0.2, 0.25) is 10.0 Å². The lowest BCUT2D eigenvalue weighted by atomic mass is 10.0. The van der Waals surface area contributed by atoms with Crippen LogP contribution in [-0.4, -0.2) is 10.9 Å². The van der Waals surface area contributed by atoms with Crippen LogP contribution >= 0.6 is 23.2 Å². The monoisotopic (exact) mass is 370 g/mol. The number of nitrogens with one attached hydrogen (secondary N) is 1. The molecule has 3 rings (SSSR count). The number of hydrogen-bond donors (Lipinski definition) is 1. The van der Waals surface area contributed by atoms with Gasteiger partial charge < -0.3 is 5.32 Å². The Morgan fingerprint density at radius 2 is 1.76 bits per heavy atom. The number of amides is 1. The minimum Gasteiger partial charge on any atom is -0.343 e. The summed E-state index contributed by atoms with van der Waals surface area (Å²) in [6, 6.07) is 20.2. The topological polar surface area (TPSA) is 42.0 Å². The molecule has 1 atom stereocenters. The Kier molecular flexibility index (Phi) is 5.69. The summed E-state index contributed by atoms with van der Waals surface area (Å²) in [6.07, 6.45) is 1.89. The Balaban J connectivity index is 1.82. The van der Waals surface area contributed by atoms with E-state index in [9.17, 15) is 4.79 Å². The van der Waals surface area contributed by atoms with E-state index in [0.717, 1.165) is 16.8 Å². The summed E-state index contributed by atoms with van der Waals surface area (Å²) in [4.78, 5) is 17.0. The molecule has 0 aliphatic carbocycles. The number of pyridine rings is 1. The van der Waals surface area contributed by atoms with Gasteiger partial charge in [-0.3, -0.25) is 9.78 Å². The van der Waals surface area contributed by atoms with Gasteiger partial charge in [-0.25, -0.2) is 0 Å². The first-order valence-corrected chi connectivity index (χ1v) is 8.58. The van der Waals surface area contributed by atoms with Crippen LogP contribution < -0.4 is 5.32 Å². The summed E-state index contributed by atoms with van der Waals surface area (Å²) in [5.41, 5.74) is 2.48. The third kappa shape index (κ3) is 4.59. The molecular formula is C20H16Cl2N2O. The van der Waals surface area contributed by atoms with Crippen LogP contribution in [0.1, 0.15) is 22.9 Å². The van der Waals surface area contributed by atoms with Gasteiger partial charge in [-0.1, -0.05) is 65.7 Å². The van der Waals surface area contributed by atoms with Crippen LogP contribution in [0, 0.1) is 0 Å². The van der Waals surface area contributed by atoms with Crippen LogP contribution in [0.4, 0.5) is 0 Å². The van der Waals surface area contributed by atoms with Gasteiger partial charge in [-0.15, -0.1) is 0 Å². The molecule has 0 saturated carbocycles. The van der Waals surface area contributed by atoms with Crippen molar-refractivity contribution >= 4 is 29.1 Å². The Bertz CT molecular complexity index is 815. The van der Waals surface area contributed by atoms with E-state index in [1.807, 2.05) is 48.5 Å². The lowest BCUT2D eigenvalue weighted by Gasteiger charge is -2.19. The highest BCUT2D eigenvalue weighted by Crippen LogP contribution is 2.23. The maximum Gasteiger partial charge on any atom is 0.225 e. The third-order valence-corrected chi connectivity index (χ3v) is 4.37. The number of nitrogens with zero attached hydrogens (tertiary/aromatic N) is 1. The van der Waals surface area contributed by atoms with Crippen molar-refractivity contribution in [1.29, 1.82) is 0 Å². The van der Waals surface area contributed by atoms with Crippen molar-refractivity contribution in [2.75, 3.05) is 0 Å². The second-order valence-electron chi connectivity index (χ2n) is 5.58. The molecule has 126 valence electrons. The molecule has 3 nitrogen and oxygen atoms in total. The number of carbonyl (C=O) groups is 1. The van der Waals surface area contributed by atoms with Crippen molar-refractivity contribution in [3.63, 3.8) is 0 Å². The second-order valence-corrected chi connectivity index (χ2v) is 6.42. The molecule has 1 amide bonds. The second kappa shape index (κ2) is 8.15. The molecule has 3 aromatic rings. The van der Waals surface area contributed by atoms with Gasteiger partial charge in [0.1, 0.15) is 0 Å². The van der Waals surface area contributed by atoms with Gasteiger partial charge in [0.2, 0.25) is 5.91 Å². The first-order valence-electron chi connectivity index (χ1n) is 7.82. The normalized spacial score (nSPS) is 11.8. The fraction of sp³-hybridized carbons (Fsp3) is 0.100. The van der Waals surface area contributed by atoms with Gasteiger partial charge in [-0.05, 0) is 35.4 Å². The molecule has 0 radical (unpaired) electrons. The summed E-state index contributed by atoms with van der Waals surface area (Å²) in [7, 11) is 0. The molecule has 0 spiro atoms. The lowest BCUT2D eigenvalue weighted by Crippen LogP contribution is -2.31. The zero-order valence-electron chi connectivity index (χ0n) is 13.3. The molecule has 5 heteroatoms. The first-order chi connectivity index (χ1) is 12.1. The molecule has 0 fully saturated rings. The summed E-state index contributed by atoms with van der Waals surface area (Å²) < 4.78 is 0. The average molecular weight is 371 g/mol. The van der Waals surface area contributed by atoms with E-state index >= 15 is 0 Å². The first kappa shape index (κ1) is 17.5. The third-order valence-electron chi connectivity index (χ3n) is 3.79. The van der Waals surface area contributed by atoms with Gasteiger partial charge in [-0.2, -0.15) is 0 Å².